The molecule has 0 aliphatic carbocycles. The van der Waals surface area contributed by atoms with E-state index in [1.807, 2.05) is 12.1 Å². The van der Waals surface area contributed by atoms with E-state index in [4.69, 9.17) is 22.1 Å². The number of hydrogen-bond donors (Lipinski definition) is 2. The van der Waals surface area contributed by atoms with Gasteiger partial charge < -0.3 is 15.8 Å². The van der Waals surface area contributed by atoms with Crippen LogP contribution in [0.5, 0.6) is 0 Å². The minimum absolute atomic E-state index is 0.0648. The van der Waals surface area contributed by atoms with Crippen molar-refractivity contribution in [1.82, 2.24) is 5.32 Å². The molecule has 1 spiro atoms. The number of halogens is 1. The molecule has 4 rings (SSSR count). The average Bonchev–Trinajstić information content (AvgIpc) is 2.96. The number of carbonyl (C=O) groups excluding carboxylic acids is 1. The van der Waals surface area contributed by atoms with Crippen LogP contribution in [-0.4, -0.2) is 12.5 Å². The Morgan fingerprint density at radius 3 is 2.88 bits per heavy atom. The first kappa shape index (κ1) is 16.6. The molecule has 2 aromatic rings. The summed E-state index contributed by atoms with van der Waals surface area (Å²) in [6, 6.07) is 9.53. The van der Waals surface area contributed by atoms with E-state index in [-0.39, 0.29) is 11.6 Å². The lowest BCUT2D eigenvalue weighted by Crippen LogP contribution is -2.44. The van der Waals surface area contributed by atoms with Crippen molar-refractivity contribution in [2.24, 2.45) is 5.73 Å². The molecule has 1 fully saturated rings. The molecule has 3 heterocycles. The Kier molecular flexibility index (Phi) is 4.10. The Morgan fingerprint density at radius 2 is 2.16 bits per heavy atom. The van der Waals surface area contributed by atoms with Crippen LogP contribution in [0.25, 0.3) is 0 Å². The molecule has 1 aromatic heterocycles. The van der Waals surface area contributed by atoms with Crippen molar-refractivity contribution < 1.29 is 9.53 Å². The van der Waals surface area contributed by atoms with Gasteiger partial charge in [-0.3, -0.25) is 4.79 Å². The standard InChI is InChI=1S/C19H19ClN2O2S/c1-11-9-19(17-14(6-7-24-19)8-16(20)25-17)10-15(22-11)12-2-4-13(5-3-12)18(21)23/h2-5,8,15,22H,1,6-7,9-10H2,(H2,21,23). The van der Waals surface area contributed by atoms with Crippen LogP contribution in [0.4, 0.5) is 0 Å². The number of primary amides is 1. The molecular formula is C19H19ClN2O2S. The Morgan fingerprint density at radius 1 is 1.40 bits per heavy atom. The van der Waals surface area contributed by atoms with Crippen LogP contribution in [0.3, 0.4) is 0 Å². The smallest absolute Gasteiger partial charge is 0.248 e. The maximum atomic E-state index is 11.3. The van der Waals surface area contributed by atoms with E-state index in [1.54, 1.807) is 23.5 Å². The van der Waals surface area contributed by atoms with Crippen LogP contribution in [-0.2, 0) is 16.8 Å². The van der Waals surface area contributed by atoms with Crippen LogP contribution < -0.4 is 11.1 Å². The van der Waals surface area contributed by atoms with Crippen LogP contribution in [0.1, 0.15) is 45.2 Å². The molecule has 25 heavy (non-hydrogen) atoms. The van der Waals surface area contributed by atoms with E-state index in [2.05, 4.69) is 18.0 Å². The molecule has 1 aromatic carbocycles. The van der Waals surface area contributed by atoms with Crippen LogP contribution >= 0.6 is 22.9 Å². The largest absolute Gasteiger partial charge is 0.382 e. The molecule has 0 saturated carbocycles. The van der Waals surface area contributed by atoms with E-state index in [0.29, 0.717) is 12.2 Å². The number of rotatable bonds is 2. The average molecular weight is 375 g/mol. The molecule has 3 N–H and O–H groups in total. The normalized spacial score (nSPS) is 25.5. The number of benzene rings is 1. The van der Waals surface area contributed by atoms with E-state index in [0.717, 1.165) is 34.9 Å². The second kappa shape index (κ2) is 6.16. The Hall–Kier alpha value is -1.82. The van der Waals surface area contributed by atoms with Crippen molar-refractivity contribution in [2.45, 2.75) is 30.9 Å². The van der Waals surface area contributed by atoms with Crippen LogP contribution in [0.2, 0.25) is 4.34 Å². The summed E-state index contributed by atoms with van der Waals surface area (Å²) < 4.78 is 7.11. The van der Waals surface area contributed by atoms with Gasteiger partial charge in [0.1, 0.15) is 5.60 Å². The number of nitrogens with two attached hydrogens (primary N) is 1. The predicted octanol–water partition coefficient (Wildman–Crippen LogP) is 3.91. The topological polar surface area (TPSA) is 64.4 Å². The van der Waals surface area contributed by atoms with Gasteiger partial charge in [-0.05, 0) is 35.7 Å². The SMILES string of the molecule is C=C1CC2(CC(c3ccc(C(N)=O)cc3)N1)OCCc1cc(Cl)sc12. The zero-order valence-corrected chi connectivity index (χ0v) is 15.3. The summed E-state index contributed by atoms with van der Waals surface area (Å²) in [7, 11) is 0. The number of nitrogens with one attached hydrogen (secondary N) is 1. The monoisotopic (exact) mass is 374 g/mol. The molecule has 0 radical (unpaired) electrons. The second-order valence-corrected chi connectivity index (χ2v) is 8.35. The fraction of sp³-hybridized carbons (Fsp3) is 0.316. The van der Waals surface area contributed by atoms with E-state index < -0.39 is 5.91 Å². The Labute approximate surface area is 155 Å². The van der Waals surface area contributed by atoms with Gasteiger partial charge in [-0.2, -0.15) is 0 Å². The molecule has 2 aliphatic heterocycles. The van der Waals surface area contributed by atoms with Gasteiger partial charge in [-0.15, -0.1) is 11.3 Å². The molecule has 1 amide bonds. The van der Waals surface area contributed by atoms with Crippen molar-refractivity contribution in [3.8, 4) is 0 Å². The second-order valence-electron chi connectivity index (χ2n) is 6.67. The van der Waals surface area contributed by atoms with Crippen LogP contribution in [0.15, 0.2) is 42.6 Å². The Balaban J connectivity index is 1.68. The fourth-order valence-corrected chi connectivity index (χ4v) is 5.30. The number of fused-ring (bicyclic) bond motifs is 2. The van der Waals surface area contributed by atoms with E-state index in [1.165, 1.54) is 10.4 Å². The van der Waals surface area contributed by atoms with Crippen molar-refractivity contribution in [1.29, 1.82) is 0 Å². The minimum Gasteiger partial charge on any atom is -0.382 e. The molecule has 130 valence electrons. The Bertz CT molecular complexity index is 846. The molecule has 1 saturated heterocycles. The molecule has 6 heteroatoms. The third-order valence-electron chi connectivity index (χ3n) is 4.95. The molecule has 2 aliphatic rings. The quantitative estimate of drug-likeness (QED) is 0.837. The summed E-state index contributed by atoms with van der Waals surface area (Å²) >= 11 is 7.88. The molecule has 0 bridgehead atoms. The van der Waals surface area contributed by atoms with Crippen molar-refractivity contribution in [3.05, 3.63) is 68.5 Å². The highest BCUT2D eigenvalue weighted by Crippen LogP contribution is 2.50. The lowest BCUT2D eigenvalue weighted by atomic mass is 9.79. The van der Waals surface area contributed by atoms with E-state index >= 15 is 0 Å². The molecule has 4 nitrogen and oxygen atoms in total. The number of carbonyl (C=O) groups is 1. The predicted molar refractivity (Wildman–Crippen MR) is 99.9 cm³/mol. The summed E-state index contributed by atoms with van der Waals surface area (Å²) in [6.07, 6.45) is 2.44. The third-order valence-corrected chi connectivity index (χ3v) is 6.44. The summed E-state index contributed by atoms with van der Waals surface area (Å²) in [5.74, 6) is -0.419. The van der Waals surface area contributed by atoms with Gasteiger partial charge in [0.25, 0.3) is 0 Å². The first-order chi connectivity index (χ1) is 12.0. The zero-order valence-electron chi connectivity index (χ0n) is 13.7. The first-order valence-corrected chi connectivity index (χ1v) is 9.43. The van der Waals surface area contributed by atoms with Gasteiger partial charge in [-0.25, -0.2) is 0 Å². The highest BCUT2D eigenvalue weighted by molar-refractivity contribution is 7.16. The highest BCUT2D eigenvalue weighted by atomic mass is 35.5. The lowest BCUT2D eigenvalue weighted by molar-refractivity contribution is -0.0787. The molecular weight excluding hydrogens is 356 g/mol. The first-order valence-electron chi connectivity index (χ1n) is 8.23. The van der Waals surface area contributed by atoms with Gasteiger partial charge in [-0.1, -0.05) is 30.3 Å². The molecule has 2 unspecified atom stereocenters. The van der Waals surface area contributed by atoms with E-state index in [9.17, 15) is 4.79 Å². The number of ether oxygens (including phenoxy) is 1. The molecule has 2 atom stereocenters. The highest BCUT2D eigenvalue weighted by Gasteiger charge is 2.45. The van der Waals surface area contributed by atoms with Gasteiger partial charge >= 0.3 is 0 Å². The van der Waals surface area contributed by atoms with Gasteiger partial charge in [0.15, 0.2) is 0 Å². The van der Waals surface area contributed by atoms with Crippen molar-refractivity contribution in [3.63, 3.8) is 0 Å². The number of thiophene rings is 1. The summed E-state index contributed by atoms with van der Waals surface area (Å²) in [4.78, 5) is 12.5. The zero-order chi connectivity index (χ0) is 17.6. The summed E-state index contributed by atoms with van der Waals surface area (Å²) in [5.41, 5.74) is 8.79. The van der Waals surface area contributed by atoms with Crippen LogP contribution in [0, 0.1) is 0 Å². The number of amides is 1. The maximum absolute atomic E-state index is 11.3. The van der Waals surface area contributed by atoms with Crippen molar-refractivity contribution >= 4 is 28.8 Å². The van der Waals surface area contributed by atoms with Gasteiger partial charge in [0, 0.05) is 29.0 Å². The third kappa shape index (κ3) is 2.97. The van der Waals surface area contributed by atoms with Gasteiger partial charge in [0.05, 0.1) is 17.0 Å². The van der Waals surface area contributed by atoms with Crippen molar-refractivity contribution in [2.75, 3.05) is 6.61 Å². The number of piperidine rings is 1. The maximum Gasteiger partial charge on any atom is 0.248 e. The number of hydrogen-bond acceptors (Lipinski definition) is 4. The van der Waals surface area contributed by atoms with Gasteiger partial charge in [0.2, 0.25) is 5.91 Å². The fourth-order valence-electron chi connectivity index (χ4n) is 3.85. The summed E-state index contributed by atoms with van der Waals surface area (Å²) in [5, 5.41) is 3.47. The minimum atomic E-state index is -0.419. The summed E-state index contributed by atoms with van der Waals surface area (Å²) in [6.45, 7) is 4.87. The lowest BCUT2D eigenvalue weighted by Gasteiger charge is -2.44.